The Morgan fingerprint density at radius 3 is 2.42 bits per heavy atom. The van der Waals surface area contributed by atoms with Gasteiger partial charge in [0, 0.05) is 58.1 Å². The predicted octanol–water partition coefficient (Wildman–Crippen LogP) is 6.13. The maximum absolute atomic E-state index is 12.8. The van der Waals surface area contributed by atoms with Crippen LogP contribution in [0.5, 0.6) is 0 Å². The van der Waals surface area contributed by atoms with E-state index in [0.29, 0.717) is 27.9 Å². The van der Waals surface area contributed by atoms with Crippen molar-refractivity contribution in [3.05, 3.63) is 89.1 Å². The summed E-state index contributed by atoms with van der Waals surface area (Å²) in [5, 5.41) is 9.53. The van der Waals surface area contributed by atoms with Gasteiger partial charge in [0.05, 0.1) is 17.8 Å². The van der Waals surface area contributed by atoms with Gasteiger partial charge >= 0.3 is 0 Å². The first-order valence-electron chi connectivity index (χ1n) is 12.4. The Morgan fingerprint density at radius 1 is 1.00 bits per heavy atom. The summed E-state index contributed by atoms with van der Waals surface area (Å²) in [5.74, 6) is 0.0376. The maximum atomic E-state index is 12.8. The zero-order valence-electron chi connectivity index (χ0n) is 21.1. The topological polar surface area (TPSA) is 99.2 Å². The average molecular weight is 527 g/mol. The van der Waals surface area contributed by atoms with Crippen molar-refractivity contribution in [1.29, 1.82) is 0 Å². The molecule has 0 spiro atoms. The van der Waals surface area contributed by atoms with Crippen LogP contribution >= 0.6 is 11.6 Å². The maximum Gasteiger partial charge on any atom is 0.255 e. The van der Waals surface area contributed by atoms with E-state index < -0.39 is 0 Å². The number of nitrogens with zero attached hydrogens (tertiary/aromatic N) is 3. The lowest BCUT2D eigenvalue weighted by atomic mass is 10.1. The van der Waals surface area contributed by atoms with Crippen molar-refractivity contribution in [2.75, 3.05) is 33.9 Å². The monoisotopic (exact) mass is 526 g/mol. The third-order valence-electron chi connectivity index (χ3n) is 6.38. The number of amides is 2. The number of carbonyl (C=O) groups excluding carboxylic acids is 2. The van der Waals surface area contributed by atoms with Gasteiger partial charge in [0.2, 0.25) is 11.9 Å². The number of hydrogen-bond donors (Lipinski definition) is 3. The molecule has 2 heterocycles. The number of anilines is 5. The molecule has 192 valence electrons. The highest BCUT2D eigenvalue weighted by Gasteiger charge is 2.21. The quantitative estimate of drug-likeness (QED) is 0.268. The van der Waals surface area contributed by atoms with E-state index in [1.165, 1.54) is 0 Å². The van der Waals surface area contributed by atoms with Gasteiger partial charge in [-0.25, -0.2) is 9.97 Å². The smallest absolute Gasteiger partial charge is 0.255 e. The minimum Gasteiger partial charge on any atom is -0.372 e. The van der Waals surface area contributed by atoms with Crippen LogP contribution in [0.15, 0.2) is 72.9 Å². The molecule has 0 radical (unpaired) electrons. The Bertz CT molecular complexity index is 1480. The van der Waals surface area contributed by atoms with E-state index >= 15 is 0 Å². The molecule has 0 saturated carbocycles. The Kier molecular flexibility index (Phi) is 7.24. The van der Waals surface area contributed by atoms with Crippen molar-refractivity contribution in [2.24, 2.45) is 0 Å². The van der Waals surface area contributed by atoms with Crippen LogP contribution in [0.1, 0.15) is 29.8 Å². The van der Waals surface area contributed by atoms with E-state index in [9.17, 15) is 9.59 Å². The third kappa shape index (κ3) is 5.45. The highest BCUT2D eigenvalue weighted by molar-refractivity contribution is 6.31. The molecular weight excluding hydrogens is 500 g/mol. The molecule has 0 bridgehead atoms. The highest BCUT2D eigenvalue weighted by atomic mass is 35.5. The van der Waals surface area contributed by atoms with E-state index in [4.69, 9.17) is 11.6 Å². The summed E-state index contributed by atoms with van der Waals surface area (Å²) in [7, 11) is 0. The van der Waals surface area contributed by atoms with Crippen molar-refractivity contribution in [3.8, 4) is 11.3 Å². The van der Waals surface area contributed by atoms with E-state index in [1.807, 2.05) is 30.3 Å². The van der Waals surface area contributed by atoms with Crippen LogP contribution in [0.25, 0.3) is 11.3 Å². The summed E-state index contributed by atoms with van der Waals surface area (Å²) < 4.78 is 0. The molecule has 5 rings (SSSR count). The SMILES string of the molecule is CCN(CC)c1ccc(NC(=O)c2ccc(Nc3ncc4c(n3)-c3ccc(Cl)cc3NC(=O)C4)cc2)cc1. The van der Waals surface area contributed by atoms with Gasteiger partial charge in [0.15, 0.2) is 0 Å². The Balaban J connectivity index is 1.29. The molecule has 38 heavy (non-hydrogen) atoms. The summed E-state index contributed by atoms with van der Waals surface area (Å²) in [5.41, 5.74) is 5.90. The van der Waals surface area contributed by atoms with Gasteiger partial charge in [0.1, 0.15) is 0 Å². The summed E-state index contributed by atoms with van der Waals surface area (Å²) in [6.45, 7) is 6.09. The van der Waals surface area contributed by atoms with Gasteiger partial charge in [-0.1, -0.05) is 11.6 Å². The zero-order valence-corrected chi connectivity index (χ0v) is 21.8. The van der Waals surface area contributed by atoms with Crippen LogP contribution in [0.3, 0.4) is 0 Å². The summed E-state index contributed by atoms with van der Waals surface area (Å²) in [4.78, 5) is 36.4. The van der Waals surface area contributed by atoms with Crippen LogP contribution in [0.2, 0.25) is 5.02 Å². The third-order valence-corrected chi connectivity index (χ3v) is 6.62. The second kappa shape index (κ2) is 10.9. The molecule has 0 saturated heterocycles. The number of benzene rings is 3. The van der Waals surface area contributed by atoms with E-state index in [-0.39, 0.29) is 18.2 Å². The van der Waals surface area contributed by atoms with Crippen LogP contribution in [-0.4, -0.2) is 34.9 Å². The predicted molar refractivity (Wildman–Crippen MR) is 152 cm³/mol. The first kappa shape index (κ1) is 25.2. The molecule has 1 aliphatic rings. The van der Waals surface area contributed by atoms with Gasteiger partial charge in [-0.05, 0) is 80.6 Å². The lowest BCUT2D eigenvalue weighted by molar-refractivity contribution is -0.115. The van der Waals surface area contributed by atoms with Crippen molar-refractivity contribution in [2.45, 2.75) is 20.3 Å². The van der Waals surface area contributed by atoms with Crippen molar-refractivity contribution < 1.29 is 9.59 Å². The molecule has 0 aliphatic carbocycles. The molecule has 1 aromatic heterocycles. The van der Waals surface area contributed by atoms with E-state index in [0.717, 1.165) is 41.3 Å². The van der Waals surface area contributed by atoms with Crippen LogP contribution in [-0.2, 0) is 11.2 Å². The van der Waals surface area contributed by atoms with Crippen LogP contribution in [0, 0.1) is 0 Å². The van der Waals surface area contributed by atoms with Crippen molar-refractivity contribution in [3.63, 3.8) is 0 Å². The molecule has 0 atom stereocenters. The molecule has 2 amide bonds. The largest absolute Gasteiger partial charge is 0.372 e. The van der Waals surface area contributed by atoms with Gasteiger partial charge in [-0.15, -0.1) is 0 Å². The normalized spacial score (nSPS) is 12.0. The van der Waals surface area contributed by atoms with Crippen molar-refractivity contribution >= 4 is 52.1 Å². The summed E-state index contributed by atoms with van der Waals surface area (Å²) in [6, 6.07) is 20.2. The fraction of sp³-hybridized carbons (Fsp3) is 0.172. The van der Waals surface area contributed by atoms with E-state index in [1.54, 1.807) is 42.6 Å². The average Bonchev–Trinajstić information content (AvgIpc) is 3.05. The van der Waals surface area contributed by atoms with Gasteiger partial charge in [-0.2, -0.15) is 0 Å². The minimum absolute atomic E-state index is 0.148. The lowest BCUT2D eigenvalue weighted by Crippen LogP contribution is -2.21. The minimum atomic E-state index is -0.194. The summed E-state index contributed by atoms with van der Waals surface area (Å²) >= 11 is 6.13. The lowest BCUT2D eigenvalue weighted by Gasteiger charge is -2.21. The highest BCUT2D eigenvalue weighted by Crippen LogP contribution is 2.35. The van der Waals surface area contributed by atoms with Crippen molar-refractivity contribution in [1.82, 2.24) is 9.97 Å². The second-order valence-corrected chi connectivity index (χ2v) is 9.29. The fourth-order valence-electron chi connectivity index (χ4n) is 4.40. The molecule has 3 aromatic carbocycles. The number of nitrogens with one attached hydrogen (secondary N) is 3. The standard InChI is InChI=1S/C29H27ClN6O2/c1-3-36(4-2)23-12-10-21(11-13-23)32-28(38)18-5-8-22(9-6-18)33-29-31-17-19-15-26(37)34-25-16-20(30)7-14-24(25)27(19)35-29/h5-14,16-17H,3-4,15H2,1-2H3,(H,32,38)(H,34,37)(H,31,33,35). The number of carbonyl (C=O) groups is 2. The fourth-order valence-corrected chi connectivity index (χ4v) is 4.58. The molecule has 8 nitrogen and oxygen atoms in total. The Labute approximate surface area is 226 Å². The van der Waals surface area contributed by atoms with Gasteiger partial charge in [0.25, 0.3) is 5.91 Å². The second-order valence-electron chi connectivity index (χ2n) is 8.86. The molecule has 9 heteroatoms. The molecular formula is C29H27ClN6O2. The molecule has 1 aliphatic heterocycles. The number of fused-ring (bicyclic) bond motifs is 3. The number of rotatable bonds is 7. The Morgan fingerprint density at radius 2 is 1.71 bits per heavy atom. The molecule has 0 fully saturated rings. The first-order chi connectivity index (χ1) is 18.4. The molecule has 4 aromatic rings. The Hall–Kier alpha value is -4.43. The number of hydrogen-bond acceptors (Lipinski definition) is 6. The summed E-state index contributed by atoms with van der Waals surface area (Å²) in [6.07, 6.45) is 1.82. The molecule has 0 unspecified atom stereocenters. The number of halogens is 1. The van der Waals surface area contributed by atoms with Crippen LogP contribution in [0.4, 0.5) is 28.7 Å². The first-order valence-corrected chi connectivity index (χ1v) is 12.8. The zero-order chi connectivity index (χ0) is 26.6. The molecule has 3 N–H and O–H groups in total. The number of aromatic nitrogens is 2. The van der Waals surface area contributed by atoms with Gasteiger partial charge in [-0.3, -0.25) is 9.59 Å². The van der Waals surface area contributed by atoms with E-state index in [2.05, 4.69) is 44.7 Å². The van der Waals surface area contributed by atoms with Gasteiger partial charge < -0.3 is 20.9 Å². The van der Waals surface area contributed by atoms with Crippen LogP contribution < -0.4 is 20.9 Å².